The number of hydrogen-bond acceptors (Lipinski definition) is 4. The van der Waals surface area contributed by atoms with Crippen LogP contribution in [-0.4, -0.2) is 38.4 Å². The largest absolute Gasteiger partial charge is 0.435 e. The molecule has 2 aromatic rings. The van der Waals surface area contributed by atoms with Gasteiger partial charge in [-0.2, -0.15) is 8.78 Å². The van der Waals surface area contributed by atoms with Gasteiger partial charge in [0, 0.05) is 31.9 Å². The van der Waals surface area contributed by atoms with Crippen LogP contribution >= 0.6 is 0 Å². The zero-order valence-corrected chi connectivity index (χ0v) is 13.0. The van der Waals surface area contributed by atoms with Crippen molar-refractivity contribution in [3.05, 3.63) is 42.3 Å². The summed E-state index contributed by atoms with van der Waals surface area (Å²) in [5.41, 5.74) is 0.239. The van der Waals surface area contributed by atoms with Crippen molar-refractivity contribution in [3.8, 4) is 17.0 Å². The van der Waals surface area contributed by atoms with Crippen LogP contribution in [0.5, 0.6) is 5.75 Å². The number of ether oxygens (including phenoxy) is 1. The fraction of sp³-hybridized carbons (Fsp3) is 0.214. The van der Waals surface area contributed by atoms with Gasteiger partial charge in [0.25, 0.3) is 0 Å². The molecule has 1 heterocycles. The summed E-state index contributed by atoms with van der Waals surface area (Å²) >= 11 is 0. The van der Waals surface area contributed by atoms with Gasteiger partial charge in [-0.25, -0.2) is 17.1 Å². The van der Waals surface area contributed by atoms with Gasteiger partial charge in [-0.05, 0) is 24.3 Å². The quantitative estimate of drug-likeness (QED) is 0.835. The van der Waals surface area contributed by atoms with Crippen LogP contribution in [0.15, 0.2) is 41.4 Å². The van der Waals surface area contributed by atoms with Crippen molar-refractivity contribution in [1.29, 1.82) is 0 Å². The number of pyridine rings is 1. The van der Waals surface area contributed by atoms with Gasteiger partial charge in [-0.3, -0.25) is 4.98 Å². The lowest BCUT2D eigenvalue weighted by atomic mass is 10.1. The third-order valence-corrected chi connectivity index (χ3v) is 4.71. The van der Waals surface area contributed by atoms with E-state index in [9.17, 15) is 21.6 Å². The van der Waals surface area contributed by atoms with Crippen LogP contribution in [0.1, 0.15) is 0 Å². The lowest BCUT2D eigenvalue weighted by Crippen LogP contribution is -2.22. The number of alkyl halides is 2. The summed E-state index contributed by atoms with van der Waals surface area (Å²) < 4.78 is 67.4. The van der Waals surface area contributed by atoms with Crippen LogP contribution in [0, 0.1) is 5.82 Å². The van der Waals surface area contributed by atoms with E-state index < -0.39 is 22.5 Å². The molecule has 5 nitrogen and oxygen atoms in total. The zero-order valence-electron chi connectivity index (χ0n) is 12.2. The molecule has 23 heavy (non-hydrogen) atoms. The Balaban J connectivity index is 2.49. The third-order valence-electron chi connectivity index (χ3n) is 2.90. The molecule has 0 radical (unpaired) electrons. The minimum Gasteiger partial charge on any atom is -0.435 e. The van der Waals surface area contributed by atoms with Crippen LogP contribution in [-0.2, 0) is 10.0 Å². The summed E-state index contributed by atoms with van der Waals surface area (Å²) in [7, 11) is -0.964. The van der Waals surface area contributed by atoms with Gasteiger partial charge in [0.1, 0.15) is 11.6 Å². The van der Waals surface area contributed by atoms with Crippen molar-refractivity contribution < 1.29 is 26.3 Å². The van der Waals surface area contributed by atoms with E-state index in [1.807, 2.05) is 0 Å². The SMILES string of the molecule is CN(C)S(=O)(=O)c1ccnc(-c2cc(F)cc(OC(F)F)c2)c1. The van der Waals surface area contributed by atoms with Crippen LogP contribution in [0.4, 0.5) is 13.2 Å². The summed E-state index contributed by atoms with van der Waals surface area (Å²) in [5.74, 6) is -1.18. The Bertz CT molecular complexity index is 811. The topological polar surface area (TPSA) is 59.5 Å². The molecule has 0 N–H and O–H groups in total. The highest BCUT2D eigenvalue weighted by Crippen LogP contribution is 2.27. The number of sulfonamides is 1. The number of nitrogens with zero attached hydrogens (tertiary/aromatic N) is 2. The van der Waals surface area contributed by atoms with Gasteiger partial charge >= 0.3 is 6.61 Å². The number of aromatic nitrogens is 1. The maximum atomic E-state index is 13.5. The first-order chi connectivity index (χ1) is 10.7. The molecule has 124 valence electrons. The highest BCUT2D eigenvalue weighted by atomic mass is 32.2. The van der Waals surface area contributed by atoms with Gasteiger partial charge in [0.05, 0.1) is 10.6 Å². The molecule has 0 aliphatic rings. The van der Waals surface area contributed by atoms with Crippen LogP contribution in [0.2, 0.25) is 0 Å². The van der Waals surface area contributed by atoms with Gasteiger partial charge in [0.15, 0.2) is 0 Å². The Morgan fingerprint density at radius 3 is 2.48 bits per heavy atom. The Kier molecular flexibility index (Phi) is 4.90. The summed E-state index contributed by atoms with van der Waals surface area (Å²) in [4.78, 5) is 3.90. The average molecular weight is 346 g/mol. The highest BCUT2D eigenvalue weighted by molar-refractivity contribution is 7.89. The van der Waals surface area contributed by atoms with E-state index in [-0.39, 0.29) is 21.9 Å². The fourth-order valence-electron chi connectivity index (χ4n) is 1.82. The first-order valence-corrected chi connectivity index (χ1v) is 7.78. The highest BCUT2D eigenvalue weighted by Gasteiger charge is 2.18. The number of benzene rings is 1. The summed E-state index contributed by atoms with van der Waals surface area (Å²) in [5, 5.41) is 0. The Labute approximate surface area is 131 Å². The lowest BCUT2D eigenvalue weighted by molar-refractivity contribution is -0.0499. The maximum Gasteiger partial charge on any atom is 0.387 e. The molecule has 0 amide bonds. The first-order valence-electron chi connectivity index (χ1n) is 6.34. The molecule has 0 spiro atoms. The van der Waals surface area contributed by atoms with Crippen molar-refractivity contribution in [3.63, 3.8) is 0 Å². The van der Waals surface area contributed by atoms with E-state index in [2.05, 4.69) is 9.72 Å². The molecular weight excluding hydrogens is 333 g/mol. The minimum absolute atomic E-state index is 0.0481. The molecule has 0 unspecified atom stereocenters. The van der Waals surface area contributed by atoms with Crippen LogP contribution in [0.3, 0.4) is 0 Å². The molecule has 1 aromatic carbocycles. The zero-order chi connectivity index (χ0) is 17.2. The number of rotatable bonds is 5. The predicted molar refractivity (Wildman–Crippen MR) is 77.1 cm³/mol. The lowest BCUT2D eigenvalue weighted by Gasteiger charge is -2.12. The van der Waals surface area contributed by atoms with Gasteiger partial charge in [-0.1, -0.05) is 0 Å². The summed E-state index contributed by atoms with van der Waals surface area (Å²) in [6.07, 6.45) is 1.24. The van der Waals surface area contributed by atoms with Crippen molar-refractivity contribution in [1.82, 2.24) is 9.29 Å². The fourth-order valence-corrected chi connectivity index (χ4v) is 2.74. The molecule has 0 fully saturated rings. The summed E-state index contributed by atoms with van der Waals surface area (Å²) in [6.45, 7) is -3.10. The molecular formula is C14H13F3N2O3S. The molecule has 9 heteroatoms. The van der Waals surface area contributed by atoms with Gasteiger partial charge in [-0.15, -0.1) is 0 Å². The second kappa shape index (κ2) is 6.55. The van der Waals surface area contributed by atoms with Crippen LogP contribution < -0.4 is 4.74 Å². The van der Waals surface area contributed by atoms with E-state index in [0.717, 1.165) is 22.5 Å². The van der Waals surface area contributed by atoms with Crippen molar-refractivity contribution >= 4 is 10.0 Å². The molecule has 0 saturated carbocycles. The molecule has 0 bridgehead atoms. The molecule has 0 saturated heterocycles. The Morgan fingerprint density at radius 1 is 1.17 bits per heavy atom. The van der Waals surface area contributed by atoms with Crippen molar-refractivity contribution in [2.24, 2.45) is 0 Å². The standard InChI is InChI=1S/C14H13F3N2O3S/c1-19(2)23(20,21)12-3-4-18-13(8-12)9-5-10(15)7-11(6-9)22-14(16)17/h3-8,14H,1-2H3. The molecule has 0 atom stereocenters. The number of halogens is 3. The van der Waals surface area contributed by atoms with E-state index in [0.29, 0.717) is 0 Å². The normalized spacial score (nSPS) is 12.0. The molecule has 2 rings (SSSR count). The molecule has 0 aliphatic carbocycles. The predicted octanol–water partition coefficient (Wildman–Crippen LogP) is 2.74. The third kappa shape index (κ3) is 3.99. The Morgan fingerprint density at radius 2 is 1.87 bits per heavy atom. The average Bonchev–Trinajstić information content (AvgIpc) is 2.46. The van der Waals surface area contributed by atoms with E-state index in [4.69, 9.17) is 0 Å². The van der Waals surface area contributed by atoms with E-state index in [1.54, 1.807) is 0 Å². The Hall–Kier alpha value is -2.13. The first kappa shape index (κ1) is 17.2. The number of hydrogen-bond donors (Lipinski definition) is 0. The van der Waals surface area contributed by atoms with E-state index >= 15 is 0 Å². The minimum atomic E-state index is -3.70. The van der Waals surface area contributed by atoms with Crippen LogP contribution in [0.25, 0.3) is 11.3 Å². The molecule has 0 aliphatic heterocycles. The van der Waals surface area contributed by atoms with Crippen molar-refractivity contribution in [2.75, 3.05) is 14.1 Å². The summed E-state index contributed by atoms with van der Waals surface area (Å²) in [6, 6.07) is 5.53. The molecule has 1 aromatic heterocycles. The second-order valence-corrected chi connectivity index (χ2v) is 6.87. The smallest absolute Gasteiger partial charge is 0.387 e. The maximum absolute atomic E-state index is 13.5. The monoisotopic (exact) mass is 346 g/mol. The van der Waals surface area contributed by atoms with Gasteiger partial charge in [0.2, 0.25) is 10.0 Å². The van der Waals surface area contributed by atoms with Gasteiger partial charge < -0.3 is 4.74 Å². The van der Waals surface area contributed by atoms with E-state index in [1.165, 1.54) is 32.4 Å². The second-order valence-electron chi connectivity index (χ2n) is 4.72. The van der Waals surface area contributed by atoms with Crippen molar-refractivity contribution in [2.45, 2.75) is 11.5 Å².